The van der Waals surface area contributed by atoms with E-state index >= 15 is 0 Å². The zero-order valence-electron chi connectivity index (χ0n) is 29.8. The summed E-state index contributed by atoms with van der Waals surface area (Å²) < 4.78 is 2.34. The summed E-state index contributed by atoms with van der Waals surface area (Å²) in [5.74, 6) is 1.84. The SMILES string of the molecule is c1ccc(-c2ccccc2-c2nc(-c3ccc(-c4ccc5c(c4)c4ccccc4n5-c4ccccc4)cc3)nc(-c3cccc(-c4cccnc4)c3)n2)cc1. The quantitative estimate of drug-likeness (QED) is 0.166. The molecule has 258 valence electrons. The Balaban J connectivity index is 1.08. The van der Waals surface area contributed by atoms with E-state index in [0.717, 1.165) is 55.8 Å². The molecular formula is C50H33N5. The summed E-state index contributed by atoms with van der Waals surface area (Å²) in [6, 6.07) is 65.5. The van der Waals surface area contributed by atoms with Crippen LogP contribution in [0.4, 0.5) is 0 Å². The van der Waals surface area contributed by atoms with Gasteiger partial charge in [0.15, 0.2) is 17.5 Å². The standard InChI is InChI=1S/C50H33N5/c1-3-13-35(14-4-1)42-20-7-8-22-44(42)50-53-48(52-49(54-50)39-16-11-15-37(31-39)40-17-12-30-51-33-40)36-26-24-34(25-27-36)38-28-29-47-45(32-38)43-21-9-10-23-46(43)55(47)41-18-5-2-6-19-41/h1-33H. The highest BCUT2D eigenvalue weighted by atomic mass is 15.0. The van der Waals surface area contributed by atoms with E-state index in [1.54, 1.807) is 6.20 Å². The molecule has 0 aliphatic rings. The van der Waals surface area contributed by atoms with Crippen LogP contribution in [0.15, 0.2) is 200 Å². The Morgan fingerprint density at radius 3 is 1.71 bits per heavy atom. The summed E-state index contributed by atoms with van der Waals surface area (Å²) >= 11 is 0. The van der Waals surface area contributed by atoms with Crippen molar-refractivity contribution >= 4 is 21.8 Å². The fourth-order valence-corrected chi connectivity index (χ4v) is 7.49. The number of pyridine rings is 1. The van der Waals surface area contributed by atoms with Gasteiger partial charge in [-0.2, -0.15) is 0 Å². The molecular weight excluding hydrogens is 671 g/mol. The van der Waals surface area contributed by atoms with Crippen molar-refractivity contribution in [2.45, 2.75) is 0 Å². The molecule has 0 N–H and O–H groups in total. The first-order valence-corrected chi connectivity index (χ1v) is 18.4. The van der Waals surface area contributed by atoms with Crippen LogP contribution in [0.5, 0.6) is 0 Å². The number of hydrogen-bond acceptors (Lipinski definition) is 4. The Hall–Kier alpha value is -7.50. The highest BCUT2D eigenvalue weighted by molar-refractivity contribution is 6.10. The number of rotatable bonds is 7. The van der Waals surface area contributed by atoms with Gasteiger partial charge in [0.2, 0.25) is 0 Å². The van der Waals surface area contributed by atoms with E-state index in [1.165, 1.54) is 21.8 Å². The molecule has 5 nitrogen and oxygen atoms in total. The van der Waals surface area contributed by atoms with E-state index in [2.05, 4.69) is 173 Å². The molecule has 0 saturated heterocycles. The lowest BCUT2D eigenvalue weighted by molar-refractivity contribution is 1.07. The van der Waals surface area contributed by atoms with Crippen molar-refractivity contribution in [2.75, 3.05) is 0 Å². The second-order valence-corrected chi connectivity index (χ2v) is 13.5. The van der Waals surface area contributed by atoms with Gasteiger partial charge in [-0.3, -0.25) is 4.98 Å². The van der Waals surface area contributed by atoms with Gasteiger partial charge in [-0.1, -0.05) is 146 Å². The Morgan fingerprint density at radius 2 is 0.909 bits per heavy atom. The highest BCUT2D eigenvalue weighted by Crippen LogP contribution is 2.36. The minimum Gasteiger partial charge on any atom is -0.309 e. The fraction of sp³-hybridized carbons (Fsp3) is 0. The van der Waals surface area contributed by atoms with Gasteiger partial charge in [-0.25, -0.2) is 15.0 Å². The lowest BCUT2D eigenvalue weighted by Gasteiger charge is -2.13. The van der Waals surface area contributed by atoms with Crippen molar-refractivity contribution in [2.24, 2.45) is 0 Å². The Labute approximate surface area is 318 Å². The molecule has 7 aromatic carbocycles. The maximum Gasteiger partial charge on any atom is 0.164 e. The normalized spacial score (nSPS) is 11.3. The third kappa shape index (κ3) is 6.04. The first-order valence-electron chi connectivity index (χ1n) is 18.4. The van der Waals surface area contributed by atoms with Crippen LogP contribution in [0.3, 0.4) is 0 Å². The predicted molar refractivity (Wildman–Crippen MR) is 225 cm³/mol. The molecule has 0 amide bonds. The van der Waals surface area contributed by atoms with Crippen molar-refractivity contribution in [3.05, 3.63) is 200 Å². The smallest absolute Gasteiger partial charge is 0.164 e. The van der Waals surface area contributed by atoms with E-state index in [4.69, 9.17) is 15.0 Å². The van der Waals surface area contributed by atoms with Gasteiger partial charge in [-0.05, 0) is 70.3 Å². The maximum absolute atomic E-state index is 5.14. The zero-order chi connectivity index (χ0) is 36.6. The van der Waals surface area contributed by atoms with Crippen LogP contribution >= 0.6 is 0 Å². The average molecular weight is 704 g/mol. The predicted octanol–water partition coefficient (Wildman–Crippen LogP) is 12.4. The maximum atomic E-state index is 5.14. The molecule has 3 aromatic heterocycles. The van der Waals surface area contributed by atoms with Crippen molar-refractivity contribution in [3.63, 3.8) is 0 Å². The molecule has 0 unspecified atom stereocenters. The molecule has 0 aliphatic carbocycles. The second kappa shape index (κ2) is 13.8. The summed E-state index contributed by atoms with van der Waals surface area (Å²) in [6.45, 7) is 0. The van der Waals surface area contributed by atoms with Gasteiger partial charge >= 0.3 is 0 Å². The molecule has 0 atom stereocenters. The van der Waals surface area contributed by atoms with Crippen molar-refractivity contribution in [1.82, 2.24) is 24.5 Å². The van der Waals surface area contributed by atoms with E-state index < -0.39 is 0 Å². The number of benzene rings is 7. The number of para-hydroxylation sites is 2. The molecule has 10 rings (SSSR count). The average Bonchev–Trinajstić information content (AvgIpc) is 3.61. The van der Waals surface area contributed by atoms with Crippen LogP contribution in [-0.2, 0) is 0 Å². The number of nitrogens with zero attached hydrogens (tertiary/aromatic N) is 5. The van der Waals surface area contributed by atoms with E-state index in [0.29, 0.717) is 17.5 Å². The monoisotopic (exact) mass is 703 g/mol. The van der Waals surface area contributed by atoms with Crippen LogP contribution in [-0.4, -0.2) is 24.5 Å². The first kappa shape index (κ1) is 32.2. The van der Waals surface area contributed by atoms with Crippen LogP contribution in [0.25, 0.3) is 95.0 Å². The van der Waals surface area contributed by atoms with E-state index in [9.17, 15) is 0 Å². The Kier molecular flexibility index (Phi) is 8.08. The molecule has 0 spiro atoms. The molecule has 3 heterocycles. The first-order chi connectivity index (χ1) is 27.3. The lowest BCUT2D eigenvalue weighted by Crippen LogP contribution is -2.01. The summed E-state index contributed by atoms with van der Waals surface area (Å²) in [7, 11) is 0. The lowest BCUT2D eigenvalue weighted by atomic mass is 9.99. The van der Waals surface area contributed by atoms with E-state index in [-0.39, 0.29) is 0 Å². The minimum absolute atomic E-state index is 0.609. The van der Waals surface area contributed by atoms with Gasteiger partial charge in [0.05, 0.1) is 11.0 Å². The number of fused-ring (bicyclic) bond motifs is 3. The molecule has 0 aliphatic heterocycles. The summed E-state index contributed by atoms with van der Waals surface area (Å²) in [4.78, 5) is 19.7. The van der Waals surface area contributed by atoms with Gasteiger partial charge in [0.1, 0.15) is 0 Å². The molecule has 5 heteroatoms. The molecule has 10 aromatic rings. The van der Waals surface area contributed by atoms with Gasteiger partial charge < -0.3 is 4.57 Å². The summed E-state index contributed by atoms with van der Waals surface area (Å²) in [5, 5.41) is 2.45. The molecule has 0 bridgehead atoms. The Bertz CT molecular complexity index is 2950. The number of aromatic nitrogens is 5. The topological polar surface area (TPSA) is 56.5 Å². The van der Waals surface area contributed by atoms with Gasteiger partial charge in [0.25, 0.3) is 0 Å². The van der Waals surface area contributed by atoms with Crippen LogP contribution in [0.2, 0.25) is 0 Å². The summed E-state index contributed by atoms with van der Waals surface area (Å²) in [5.41, 5.74) is 12.8. The second-order valence-electron chi connectivity index (χ2n) is 13.5. The zero-order valence-corrected chi connectivity index (χ0v) is 29.8. The third-order valence-electron chi connectivity index (χ3n) is 10.2. The fourth-order valence-electron chi connectivity index (χ4n) is 7.49. The molecule has 55 heavy (non-hydrogen) atoms. The molecule has 0 fully saturated rings. The van der Waals surface area contributed by atoms with Crippen molar-refractivity contribution in [1.29, 1.82) is 0 Å². The van der Waals surface area contributed by atoms with Gasteiger partial charge in [0, 0.05) is 51.1 Å². The summed E-state index contributed by atoms with van der Waals surface area (Å²) in [6.07, 6.45) is 3.66. The van der Waals surface area contributed by atoms with Gasteiger partial charge in [-0.15, -0.1) is 0 Å². The van der Waals surface area contributed by atoms with E-state index in [1.807, 2.05) is 30.5 Å². The van der Waals surface area contributed by atoms with Crippen LogP contribution in [0, 0.1) is 0 Å². The largest absolute Gasteiger partial charge is 0.309 e. The van der Waals surface area contributed by atoms with Crippen molar-refractivity contribution < 1.29 is 0 Å². The third-order valence-corrected chi connectivity index (χ3v) is 10.2. The molecule has 0 saturated carbocycles. The van der Waals surface area contributed by atoms with Crippen LogP contribution < -0.4 is 0 Å². The Morgan fingerprint density at radius 1 is 0.327 bits per heavy atom. The minimum atomic E-state index is 0.609. The van der Waals surface area contributed by atoms with Crippen LogP contribution in [0.1, 0.15) is 0 Å². The number of hydrogen-bond donors (Lipinski definition) is 0. The molecule has 0 radical (unpaired) electrons. The van der Waals surface area contributed by atoms with Crippen molar-refractivity contribution in [3.8, 4) is 73.2 Å². The highest BCUT2D eigenvalue weighted by Gasteiger charge is 2.17.